The van der Waals surface area contributed by atoms with E-state index in [1.54, 1.807) is 43.2 Å². The number of rotatable bonds is 10. The van der Waals surface area contributed by atoms with E-state index in [0.717, 1.165) is 16.9 Å². The van der Waals surface area contributed by atoms with E-state index < -0.39 is 0 Å². The first-order valence-corrected chi connectivity index (χ1v) is 12.3. The summed E-state index contributed by atoms with van der Waals surface area (Å²) >= 11 is 0. The lowest BCUT2D eigenvalue weighted by Gasteiger charge is -2.23. The maximum absolute atomic E-state index is 13.2. The van der Waals surface area contributed by atoms with Crippen molar-refractivity contribution in [3.8, 4) is 11.4 Å². The third-order valence-electron chi connectivity index (χ3n) is 5.73. The van der Waals surface area contributed by atoms with Crippen molar-refractivity contribution in [2.75, 3.05) is 44.5 Å². The van der Waals surface area contributed by atoms with Gasteiger partial charge in [-0.05, 0) is 55.3 Å². The molecule has 0 saturated carbocycles. The van der Waals surface area contributed by atoms with E-state index in [2.05, 4.69) is 31.4 Å². The number of amides is 3. The van der Waals surface area contributed by atoms with Gasteiger partial charge in [0.05, 0.1) is 18.5 Å². The second-order valence-corrected chi connectivity index (χ2v) is 9.89. The lowest BCUT2D eigenvalue weighted by molar-refractivity contribution is -0.116. The molecule has 0 aliphatic rings. The fraction of sp³-hybridized carbons (Fsp3) is 0.393. The van der Waals surface area contributed by atoms with Gasteiger partial charge in [-0.15, -0.1) is 0 Å². The second kappa shape index (κ2) is 12.4. The molecule has 0 spiro atoms. The number of carbonyl (C=O) groups excluding carboxylic acids is 2. The van der Waals surface area contributed by atoms with E-state index in [4.69, 9.17) is 14.6 Å². The first-order valence-electron chi connectivity index (χ1n) is 12.3. The molecule has 0 saturated heterocycles. The molecule has 0 bridgehead atoms. The number of aryl methyl sites for hydroxylation is 1. The summed E-state index contributed by atoms with van der Waals surface area (Å²) in [4.78, 5) is 27.7. The number of aromatic nitrogens is 2. The molecule has 9 heteroatoms. The molecule has 0 aliphatic carbocycles. The van der Waals surface area contributed by atoms with Gasteiger partial charge >= 0.3 is 6.03 Å². The predicted octanol–water partition coefficient (Wildman–Crippen LogP) is 5.00. The van der Waals surface area contributed by atoms with Gasteiger partial charge in [0.15, 0.2) is 0 Å². The average molecular weight is 508 g/mol. The number of benzene rings is 2. The Morgan fingerprint density at radius 1 is 1.03 bits per heavy atom. The summed E-state index contributed by atoms with van der Waals surface area (Å²) < 4.78 is 12.0. The van der Waals surface area contributed by atoms with Crippen molar-refractivity contribution in [3.63, 3.8) is 0 Å². The van der Waals surface area contributed by atoms with Crippen LogP contribution in [0.15, 0.2) is 54.6 Å². The van der Waals surface area contributed by atoms with E-state index in [1.807, 2.05) is 37.3 Å². The van der Waals surface area contributed by atoms with Crippen molar-refractivity contribution in [2.45, 2.75) is 39.5 Å². The first-order chi connectivity index (χ1) is 17.6. The lowest BCUT2D eigenvalue weighted by atomic mass is 9.92. The lowest BCUT2D eigenvalue weighted by Crippen LogP contribution is -2.41. The van der Waals surface area contributed by atoms with Crippen molar-refractivity contribution in [1.82, 2.24) is 14.7 Å². The van der Waals surface area contributed by atoms with Crippen LogP contribution in [0.3, 0.4) is 0 Å². The van der Waals surface area contributed by atoms with Gasteiger partial charge < -0.3 is 25.0 Å². The molecule has 0 aliphatic heterocycles. The molecule has 0 fully saturated rings. The standard InChI is InChI=1S/C28H37N5O4/c1-20-9-7-10-22(17-20)33-25(18-24(31-33)28(2,3)4)30-26(34)19-32(15-8-16-36-5)27(35)29-21-11-13-23(37-6)14-12-21/h7,9-14,17-18H,8,15-16,19H2,1-6H3,(H,29,35)(H,30,34). The van der Waals surface area contributed by atoms with Crippen LogP contribution in [-0.2, 0) is 14.9 Å². The van der Waals surface area contributed by atoms with Crippen LogP contribution in [0.25, 0.3) is 5.69 Å². The van der Waals surface area contributed by atoms with E-state index in [9.17, 15) is 9.59 Å². The fourth-order valence-corrected chi connectivity index (χ4v) is 3.68. The maximum atomic E-state index is 13.2. The van der Waals surface area contributed by atoms with Crippen LogP contribution >= 0.6 is 0 Å². The minimum atomic E-state index is -0.376. The molecule has 9 nitrogen and oxygen atoms in total. The minimum absolute atomic E-state index is 0.129. The topological polar surface area (TPSA) is 97.7 Å². The summed E-state index contributed by atoms with van der Waals surface area (Å²) in [6.07, 6.45) is 0.592. The van der Waals surface area contributed by atoms with Gasteiger partial charge in [-0.25, -0.2) is 9.48 Å². The second-order valence-electron chi connectivity index (χ2n) is 9.89. The Morgan fingerprint density at radius 2 is 1.76 bits per heavy atom. The van der Waals surface area contributed by atoms with Crippen molar-refractivity contribution < 1.29 is 19.1 Å². The summed E-state index contributed by atoms with van der Waals surface area (Å²) in [5.74, 6) is 0.915. The Balaban J connectivity index is 1.79. The van der Waals surface area contributed by atoms with Crippen molar-refractivity contribution in [1.29, 1.82) is 0 Å². The summed E-state index contributed by atoms with van der Waals surface area (Å²) in [6, 6.07) is 16.4. The maximum Gasteiger partial charge on any atom is 0.322 e. The molecule has 0 atom stereocenters. The van der Waals surface area contributed by atoms with Crippen LogP contribution in [0.4, 0.5) is 16.3 Å². The highest BCUT2D eigenvalue weighted by molar-refractivity contribution is 5.96. The number of nitrogens with one attached hydrogen (secondary N) is 2. The Bertz CT molecular complexity index is 1200. The molecule has 0 unspecified atom stereocenters. The molecule has 37 heavy (non-hydrogen) atoms. The normalized spacial score (nSPS) is 11.2. The number of carbonyl (C=O) groups is 2. The smallest absolute Gasteiger partial charge is 0.322 e. The van der Waals surface area contributed by atoms with E-state index >= 15 is 0 Å². The molecule has 3 amide bonds. The molecule has 2 N–H and O–H groups in total. The molecule has 3 rings (SSSR count). The monoisotopic (exact) mass is 507 g/mol. The summed E-state index contributed by atoms with van der Waals surface area (Å²) in [5, 5.41) is 10.6. The van der Waals surface area contributed by atoms with Crippen LogP contribution in [0.1, 0.15) is 38.4 Å². The summed E-state index contributed by atoms with van der Waals surface area (Å²) in [6.45, 7) is 8.93. The van der Waals surface area contributed by atoms with Gasteiger partial charge in [0.1, 0.15) is 18.1 Å². The van der Waals surface area contributed by atoms with Gasteiger partial charge in [-0.2, -0.15) is 5.10 Å². The number of hydrogen-bond acceptors (Lipinski definition) is 5. The fourth-order valence-electron chi connectivity index (χ4n) is 3.68. The van der Waals surface area contributed by atoms with E-state index in [-0.39, 0.29) is 23.9 Å². The van der Waals surface area contributed by atoms with Gasteiger partial charge in [0, 0.05) is 37.4 Å². The third kappa shape index (κ3) is 7.82. The van der Waals surface area contributed by atoms with Gasteiger partial charge in [-0.3, -0.25) is 4.79 Å². The molecule has 198 valence electrons. The van der Waals surface area contributed by atoms with Gasteiger partial charge in [-0.1, -0.05) is 32.9 Å². The predicted molar refractivity (Wildman–Crippen MR) is 146 cm³/mol. The first kappa shape index (κ1) is 27.7. The molecule has 0 radical (unpaired) electrons. The Morgan fingerprint density at radius 3 is 2.38 bits per heavy atom. The van der Waals surface area contributed by atoms with Crippen LogP contribution in [0, 0.1) is 6.92 Å². The highest BCUT2D eigenvalue weighted by atomic mass is 16.5. The molecule has 2 aromatic carbocycles. The molecule has 1 heterocycles. The minimum Gasteiger partial charge on any atom is -0.497 e. The number of hydrogen-bond donors (Lipinski definition) is 2. The zero-order valence-electron chi connectivity index (χ0n) is 22.5. The Kier molecular flexibility index (Phi) is 9.30. The van der Waals surface area contributed by atoms with E-state index in [1.165, 1.54) is 4.90 Å². The third-order valence-corrected chi connectivity index (χ3v) is 5.73. The molecule has 3 aromatic rings. The van der Waals surface area contributed by atoms with Gasteiger partial charge in [0.2, 0.25) is 5.91 Å². The largest absolute Gasteiger partial charge is 0.497 e. The summed E-state index contributed by atoms with van der Waals surface area (Å²) in [5.41, 5.74) is 3.18. The molecular weight excluding hydrogens is 470 g/mol. The van der Waals surface area contributed by atoms with Crippen LogP contribution in [0.2, 0.25) is 0 Å². The number of methoxy groups -OCH3 is 2. The number of ether oxygens (including phenoxy) is 2. The molecule has 1 aromatic heterocycles. The van der Waals surface area contributed by atoms with Crippen LogP contribution in [-0.4, -0.2) is 60.5 Å². The number of urea groups is 1. The average Bonchev–Trinajstić information content (AvgIpc) is 3.28. The van der Waals surface area contributed by atoms with Crippen LogP contribution in [0.5, 0.6) is 5.75 Å². The highest BCUT2D eigenvalue weighted by Crippen LogP contribution is 2.26. The highest BCUT2D eigenvalue weighted by Gasteiger charge is 2.23. The Hall–Kier alpha value is -3.85. The van der Waals surface area contributed by atoms with Gasteiger partial charge in [0.25, 0.3) is 0 Å². The zero-order chi connectivity index (χ0) is 27.0. The van der Waals surface area contributed by atoms with E-state index in [0.29, 0.717) is 36.8 Å². The zero-order valence-corrected chi connectivity index (χ0v) is 22.5. The van der Waals surface area contributed by atoms with Crippen molar-refractivity contribution in [3.05, 3.63) is 65.9 Å². The SMILES string of the molecule is COCCCN(CC(=O)Nc1cc(C(C)(C)C)nn1-c1cccc(C)c1)C(=O)Nc1ccc(OC)cc1. The quantitative estimate of drug-likeness (QED) is 0.377. The van der Waals surface area contributed by atoms with Crippen molar-refractivity contribution in [2.24, 2.45) is 0 Å². The number of nitrogens with zero attached hydrogens (tertiary/aromatic N) is 3. The molecular formula is C28H37N5O4. The Labute approximate surface area is 218 Å². The number of anilines is 2. The van der Waals surface area contributed by atoms with Crippen molar-refractivity contribution >= 4 is 23.4 Å². The van der Waals surface area contributed by atoms with Crippen LogP contribution < -0.4 is 15.4 Å². The summed E-state index contributed by atoms with van der Waals surface area (Å²) in [7, 11) is 3.19.